The van der Waals surface area contributed by atoms with E-state index in [9.17, 15) is 0 Å². The Hall–Kier alpha value is -2.60. The van der Waals surface area contributed by atoms with Crippen LogP contribution in [0.1, 0.15) is 5.56 Å². The number of aromatic nitrogens is 2. The van der Waals surface area contributed by atoms with Gasteiger partial charge in [-0.05, 0) is 17.5 Å². The third-order valence-electron chi connectivity index (χ3n) is 3.38. The Morgan fingerprint density at radius 1 is 1.04 bits per heavy atom. The first-order valence-corrected chi connectivity index (χ1v) is 8.00. The highest BCUT2D eigenvalue weighted by Gasteiger charge is 2.12. The van der Waals surface area contributed by atoms with E-state index in [4.69, 9.17) is 9.47 Å². The third kappa shape index (κ3) is 3.27. The minimum absolute atomic E-state index is 0.567. The van der Waals surface area contributed by atoms with Crippen LogP contribution >= 0.6 is 11.3 Å². The maximum Gasteiger partial charge on any atom is 0.165 e. The Morgan fingerprint density at radius 3 is 2.65 bits per heavy atom. The Labute approximate surface area is 138 Å². The molecule has 2 heterocycles. The Kier molecular flexibility index (Phi) is 4.73. The predicted molar refractivity (Wildman–Crippen MR) is 92.2 cm³/mol. The van der Waals surface area contributed by atoms with Crippen LogP contribution in [-0.4, -0.2) is 24.2 Å². The minimum atomic E-state index is 0.567. The number of ether oxygens (including phenoxy) is 2. The number of hydrogen-bond acceptors (Lipinski definition) is 6. The molecule has 0 bridgehead atoms. The summed E-state index contributed by atoms with van der Waals surface area (Å²) in [4.78, 5) is 9.93. The second-order valence-electron chi connectivity index (χ2n) is 4.74. The van der Waals surface area contributed by atoms with Gasteiger partial charge in [0, 0.05) is 24.5 Å². The van der Waals surface area contributed by atoms with Crippen molar-refractivity contribution in [2.75, 3.05) is 19.5 Å². The molecule has 0 aliphatic rings. The summed E-state index contributed by atoms with van der Waals surface area (Å²) in [6, 6.07) is 9.85. The highest BCUT2D eigenvalue weighted by atomic mass is 32.1. The number of rotatable bonds is 6. The van der Waals surface area contributed by atoms with E-state index in [0.29, 0.717) is 12.3 Å². The summed E-state index contributed by atoms with van der Waals surface area (Å²) in [7, 11) is 3.27. The van der Waals surface area contributed by atoms with Gasteiger partial charge < -0.3 is 14.8 Å². The number of thiophene rings is 1. The Bertz CT molecular complexity index is 775. The molecular formula is C17H17N3O2S. The lowest BCUT2D eigenvalue weighted by atomic mass is 10.2. The van der Waals surface area contributed by atoms with E-state index in [1.54, 1.807) is 38.0 Å². The molecule has 0 aliphatic heterocycles. The second kappa shape index (κ2) is 7.11. The third-order valence-corrected chi connectivity index (χ3v) is 4.26. The fourth-order valence-electron chi connectivity index (χ4n) is 2.33. The molecule has 0 unspecified atom stereocenters. The van der Waals surface area contributed by atoms with Gasteiger partial charge in [-0.3, -0.25) is 0 Å². The van der Waals surface area contributed by atoms with Crippen molar-refractivity contribution in [3.05, 3.63) is 53.7 Å². The quantitative estimate of drug-likeness (QED) is 0.745. The van der Waals surface area contributed by atoms with Crippen molar-refractivity contribution < 1.29 is 9.47 Å². The maximum atomic E-state index is 5.46. The second-order valence-corrected chi connectivity index (χ2v) is 5.68. The summed E-state index contributed by atoms with van der Waals surface area (Å²) in [5.74, 6) is 2.19. The van der Waals surface area contributed by atoms with Crippen molar-refractivity contribution in [3.63, 3.8) is 0 Å². The molecule has 6 heteroatoms. The first kappa shape index (κ1) is 15.3. The predicted octanol–water partition coefficient (Wildman–Crippen LogP) is 3.83. The zero-order valence-electron chi connectivity index (χ0n) is 12.9. The molecule has 5 nitrogen and oxygen atoms in total. The lowest BCUT2D eigenvalue weighted by molar-refractivity contribution is 0.352. The highest BCUT2D eigenvalue weighted by molar-refractivity contribution is 7.13. The van der Waals surface area contributed by atoms with Gasteiger partial charge in [0.05, 0.1) is 19.1 Å². The molecule has 1 aromatic carbocycles. The monoisotopic (exact) mass is 327 g/mol. The Morgan fingerprint density at radius 2 is 1.91 bits per heavy atom. The van der Waals surface area contributed by atoms with Crippen molar-refractivity contribution in [3.8, 4) is 22.1 Å². The molecular weight excluding hydrogens is 310 g/mol. The molecule has 0 saturated heterocycles. The maximum absolute atomic E-state index is 5.46. The molecule has 0 amide bonds. The number of anilines is 1. The van der Waals surface area contributed by atoms with Gasteiger partial charge in [-0.1, -0.05) is 18.2 Å². The molecule has 0 spiro atoms. The molecule has 0 radical (unpaired) electrons. The summed E-state index contributed by atoms with van der Waals surface area (Å²) < 4.78 is 10.8. The van der Waals surface area contributed by atoms with Crippen LogP contribution in [0, 0.1) is 0 Å². The fourth-order valence-corrected chi connectivity index (χ4v) is 3.05. The van der Waals surface area contributed by atoms with Crippen molar-refractivity contribution in [2.45, 2.75) is 6.54 Å². The molecule has 0 saturated carbocycles. The van der Waals surface area contributed by atoms with E-state index in [1.807, 2.05) is 35.7 Å². The van der Waals surface area contributed by atoms with E-state index in [0.717, 1.165) is 27.7 Å². The molecule has 1 N–H and O–H groups in total. The molecule has 0 aliphatic carbocycles. The zero-order valence-corrected chi connectivity index (χ0v) is 13.8. The van der Waals surface area contributed by atoms with E-state index in [1.165, 1.54) is 0 Å². The number of nitrogens with zero attached hydrogens (tertiary/aromatic N) is 2. The first-order valence-electron chi connectivity index (χ1n) is 7.12. The lowest BCUT2D eigenvalue weighted by Crippen LogP contribution is -2.05. The van der Waals surface area contributed by atoms with Crippen molar-refractivity contribution in [1.82, 2.24) is 9.97 Å². The highest BCUT2D eigenvalue weighted by Crippen LogP contribution is 2.32. The largest absolute Gasteiger partial charge is 0.493 e. The lowest BCUT2D eigenvalue weighted by Gasteiger charge is -2.14. The van der Waals surface area contributed by atoms with Crippen LogP contribution in [0.25, 0.3) is 10.6 Å². The van der Waals surface area contributed by atoms with Crippen LogP contribution in [0.3, 0.4) is 0 Å². The van der Waals surface area contributed by atoms with Crippen LogP contribution < -0.4 is 14.8 Å². The number of benzene rings is 1. The van der Waals surface area contributed by atoms with Crippen LogP contribution in [0.4, 0.5) is 5.82 Å². The summed E-state index contributed by atoms with van der Waals surface area (Å²) in [5, 5.41) is 5.37. The molecule has 0 fully saturated rings. The summed E-state index contributed by atoms with van der Waals surface area (Å²) in [6.45, 7) is 0.567. The average Bonchev–Trinajstić information content (AvgIpc) is 3.14. The molecule has 3 rings (SSSR count). The number of hydrogen-bond donors (Lipinski definition) is 1. The van der Waals surface area contributed by atoms with Gasteiger partial charge in [0.1, 0.15) is 5.69 Å². The Balaban J connectivity index is 1.85. The first-order chi connectivity index (χ1) is 11.3. The minimum Gasteiger partial charge on any atom is -0.493 e. The SMILES string of the molecule is COc1cccc(CNc2nccnc2-c2cccs2)c1OC. The van der Waals surface area contributed by atoms with E-state index < -0.39 is 0 Å². The van der Waals surface area contributed by atoms with Crippen molar-refractivity contribution in [1.29, 1.82) is 0 Å². The van der Waals surface area contributed by atoms with Crippen molar-refractivity contribution >= 4 is 17.2 Å². The molecule has 0 atom stereocenters. The van der Waals surface area contributed by atoms with Gasteiger partial charge in [0.25, 0.3) is 0 Å². The number of nitrogens with one attached hydrogen (secondary N) is 1. The molecule has 23 heavy (non-hydrogen) atoms. The van der Waals surface area contributed by atoms with Gasteiger partial charge in [0.2, 0.25) is 0 Å². The van der Waals surface area contributed by atoms with E-state index >= 15 is 0 Å². The van der Waals surface area contributed by atoms with Crippen LogP contribution in [0.5, 0.6) is 11.5 Å². The van der Waals surface area contributed by atoms with Gasteiger partial charge in [-0.25, -0.2) is 9.97 Å². The van der Waals surface area contributed by atoms with Crippen LogP contribution in [-0.2, 0) is 6.54 Å². The standard InChI is InChI=1S/C17H17N3O2S/c1-21-13-6-3-5-12(16(13)22-2)11-20-17-15(18-8-9-19-17)14-7-4-10-23-14/h3-10H,11H2,1-2H3,(H,19,20). The number of methoxy groups -OCH3 is 2. The fraction of sp³-hybridized carbons (Fsp3) is 0.176. The zero-order chi connectivity index (χ0) is 16.1. The summed E-state index contributed by atoms with van der Waals surface area (Å²) in [5.41, 5.74) is 1.85. The smallest absolute Gasteiger partial charge is 0.165 e. The molecule has 2 aromatic heterocycles. The van der Waals surface area contributed by atoms with E-state index in [2.05, 4.69) is 15.3 Å². The topological polar surface area (TPSA) is 56.3 Å². The average molecular weight is 327 g/mol. The van der Waals surface area contributed by atoms with E-state index in [-0.39, 0.29) is 0 Å². The normalized spacial score (nSPS) is 10.3. The van der Waals surface area contributed by atoms with Gasteiger partial charge >= 0.3 is 0 Å². The molecule has 118 valence electrons. The van der Waals surface area contributed by atoms with Gasteiger partial charge in [0.15, 0.2) is 17.3 Å². The van der Waals surface area contributed by atoms with Crippen LogP contribution in [0.15, 0.2) is 48.1 Å². The number of para-hydroxylation sites is 1. The van der Waals surface area contributed by atoms with Gasteiger partial charge in [-0.15, -0.1) is 11.3 Å². The van der Waals surface area contributed by atoms with Crippen molar-refractivity contribution in [2.24, 2.45) is 0 Å². The summed E-state index contributed by atoms with van der Waals surface area (Å²) >= 11 is 1.64. The molecule has 3 aromatic rings. The van der Waals surface area contributed by atoms with Gasteiger partial charge in [-0.2, -0.15) is 0 Å². The van der Waals surface area contributed by atoms with Crippen LogP contribution in [0.2, 0.25) is 0 Å². The summed E-state index contributed by atoms with van der Waals surface area (Å²) in [6.07, 6.45) is 3.38.